The number of nitro benzene ring substituents is 1. The summed E-state index contributed by atoms with van der Waals surface area (Å²) in [4.78, 5) is 21.8. The first-order valence-corrected chi connectivity index (χ1v) is 5.52. The topological polar surface area (TPSA) is 124 Å². The molecule has 0 spiro atoms. The van der Waals surface area contributed by atoms with Crippen LogP contribution < -0.4 is 11.1 Å². The Kier molecular flexibility index (Phi) is 3.15. The third-order valence-corrected chi connectivity index (χ3v) is 2.65. The van der Waals surface area contributed by atoms with Crippen molar-refractivity contribution in [1.29, 1.82) is 0 Å². The van der Waals surface area contributed by atoms with Gasteiger partial charge in [-0.1, -0.05) is 17.4 Å². The molecule has 1 aromatic heterocycles. The number of nitrogens with one attached hydrogen (secondary N) is 1. The van der Waals surface area contributed by atoms with Gasteiger partial charge >= 0.3 is 0 Å². The second kappa shape index (κ2) is 4.75. The van der Waals surface area contributed by atoms with E-state index in [9.17, 15) is 14.9 Å². The summed E-state index contributed by atoms with van der Waals surface area (Å²) in [6.07, 6.45) is 0. The van der Waals surface area contributed by atoms with E-state index in [1.165, 1.54) is 24.3 Å². The number of non-ortho nitro benzene ring substituents is 1. The van der Waals surface area contributed by atoms with E-state index < -0.39 is 10.8 Å². The van der Waals surface area contributed by atoms with Crippen LogP contribution in [0, 0.1) is 10.1 Å². The average molecular weight is 265 g/mol. The summed E-state index contributed by atoms with van der Waals surface area (Å²) < 4.78 is 0. The Hall–Kier alpha value is -2.55. The molecule has 0 bridgehead atoms. The van der Waals surface area contributed by atoms with Crippen molar-refractivity contribution in [2.45, 2.75) is 0 Å². The van der Waals surface area contributed by atoms with Crippen molar-refractivity contribution in [3.05, 3.63) is 39.9 Å². The van der Waals surface area contributed by atoms with Crippen LogP contribution in [-0.2, 0) is 0 Å². The molecule has 2 rings (SSSR count). The lowest BCUT2D eigenvalue weighted by molar-refractivity contribution is -0.384. The van der Waals surface area contributed by atoms with Crippen LogP contribution in [-0.4, -0.2) is 21.0 Å². The van der Waals surface area contributed by atoms with Crippen LogP contribution in [0.5, 0.6) is 0 Å². The quantitative estimate of drug-likeness (QED) is 0.636. The highest BCUT2D eigenvalue weighted by molar-refractivity contribution is 7.19. The number of rotatable bonds is 3. The molecule has 9 heteroatoms. The van der Waals surface area contributed by atoms with Crippen LogP contribution in [0.4, 0.5) is 16.0 Å². The summed E-state index contributed by atoms with van der Waals surface area (Å²) >= 11 is 1.01. The van der Waals surface area contributed by atoms with E-state index in [-0.39, 0.29) is 21.5 Å². The molecule has 0 aliphatic heterocycles. The van der Waals surface area contributed by atoms with Gasteiger partial charge in [-0.3, -0.25) is 20.2 Å². The van der Waals surface area contributed by atoms with Gasteiger partial charge in [0.25, 0.3) is 11.6 Å². The van der Waals surface area contributed by atoms with Gasteiger partial charge in [0, 0.05) is 17.7 Å². The number of nitrogens with two attached hydrogens (primary N) is 1. The molecular weight excluding hydrogens is 258 g/mol. The Morgan fingerprint density at radius 2 is 2.22 bits per heavy atom. The number of benzene rings is 1. The Balaban J connectivity index is 2.18. The summed E-state index contributed by atoms with van der Waals surface area (Å²) in [7, 11) is 0. The second-order valence-electron chi connectivity index (χ2n) is 3.21. The normalized spacial score (nSPS) is 10.0. The monoisotopic (exact) mass is 265 g/mol. The predicted molar refractivity (Wildman–Crippen MR) is 65.4 cm³/mol. The smallest absolute Gasteiger partial charge is 0.270 e. The fourth-order valence-corrected chi connectivity index (χ4v) is 1.72. The summed E-state index contributed by atoms with van der Waals surface area (Å²) in [6.45, 7) is 0. The van der Waals surface area contributed by atoms with Crippen LogP contribution in [0.15, 0.2) is 24.3 Å². The number of nitro groups is 1. The molecule has 92 valence electrons. The Morgan fingerprint density at radius 3 is 2.83 bits per heavy atom. The Morgan fingerprint density at radius 1 is 1.44 bits per heavy atom. The van der Waals surface area contributed by atoms with Crippen molar-refractivity contribution in [2.75, 3.05) is 11.1 Å². The zero-order valence-electron chi connectivity index (χ0n) is 8.86. The molecule has 0 aliphatic carbocycles. The van der Waals surface area contributed by atoms with Gasteiger partial charge in [0.1, 0.15) is 0 Å². The van der Waals surface area contributed by atoms with Gasteiger partial charge in [-0.15, -0.1) is 10.2 Å². The highest BCUT2D eigenvalue weighted by Gasteiger charge is 2.13. The minimum Gasteiger partial charge on any atom is -0.374 e. The molecule has 0 saturated heterocycles. The number of carbonyl (C=O) groups excluding carboxylic acids is 1. The lowest BCUT2D eigenvalue weighted by Gasteiger charge is -2.00. The number of carbonyl (C=O) groups is 1. The van der Waals surface area contributed by atoms with Gasteiger partial charge in [-0.05, 0) is 6.07 Å². The standard InChI is InChI=1S/C9H7N5O3S/c10-8-12-13-9(18-8)11-7(15)5-2-1-3-6(4-5)14(16)17/h1-4H,(H2,10,12)(H,11,13,15). The molecule has 1 amide bonds. The molecular formula is C9H7N5O3S. The van der Waals surface area contributed by atoms with Crippen molar-refractivity contribution in [3.8, 4) is 0 Å². The fraction of sp³-hybridized carbons (Fsp3) is 0. The van der Waals surface area contributed by atoms with E-state index >= 15 is 0 Å². The minimum absolute atomic E-state index is 0.153. The lowest BCUT2D eigenvalue weighted by Crippen LogP contribution is -2.11. The van der Waals surface area contributed by atoms with Crippen LogP contribution in [0.3, 0.4) is 0 Å². The molecule has 3 N–H and O–H groups in total. The highest BCUT2D eigenvalue weighted by Crippen LogP contribution is 2.18. The fourth-order valence-electron chi connectivity index (χ4n) is 1.22. The summed E-state index contributed by atoms with van der Waals surface area (Å²) in [5, 5.41) is 20.6. The largest absolute Gasteiger partial charge is 0.374 e. The first kappa shape index (κ1) is 11.9. The van der Waals surface area contributed by atoms with Crippen molar-refractivity contribution < 1.29 is 9.72 Å². The minimum atomic E-state index is -0.570. The molecule has 0 unspecified atom stereocenters. The third kappa shape index (κ3) is 2.58. The second-order valence-corrected chi connectivity index (χ2v) is 4.22. The Bertz CT molecular complexity index is 612. The van der Waals surface area contributed by atoms with E-state index in [0.717, 1.165) is 11.3 Å². The summed E-state index contributed by atoms with van der Waals surface area (Å²) in [5.41, 5.74) is 5.37. The molecule has 0 aliphatic rings. The van der Waals surface area contributed by atoms with Gasteiger partial charge in [0.2, 0.25) is 10.3 Å². The van der Waals surface area contributed by atoms with E-state index in [2.05, 4.69) is 15.5 Å². The molecule has 0 radical (unpaired) electrons. The number of hydrogen-bond acceptors (Lipinski definition) is 7. The average Bonchev–Trinajstić information content (AvgIpc) is 2.75. The van der Waals surface area contributed by atoms with Crippen LogP contribution >= 0.6 is 11.3 Å². The van der Waals surface area contributed by atoms with Crippen molar-refractivity contribution in [2.24, 2.45) is 0 Å². The maximum atomic E-state index is 11.8. The zero-order valence-corrected chi connectivity index (χ0v) is 9.68. The number of nitrogen functional groups attached to an aromatic ring is 1. The predicted octanol–water partition coefficient (Wildman–Crippen LogP) is 1.28. The lowest BCUT2D eigenvalue weighted by atomic mass is 10.2. The maximum absolute atomic E-state index is 11.8. The van der Waals surface area contributed by atoms with Gasteiger partial charge in [0.15, 0.2) is 0 Å². The summed E-state index contributed by atoms with van der Waals surface area (Å²) in [6, 6.07) is 5.38. The number of aromatic nitrogens is 2. The van der Waals surface area contributed by atoms with Crippen molar-refractivity contribution in [1.82, 2.24) is 10.2 Å². The number of amides is 1. The van der Waals surface area contributed by atoms with Crippen LogP contribution in [0.25, 0.3) is 0 Å². The maximum Gasteiger partial charge on any atom is 0.270 e. The molecule has 1 aromatic carbocycles. The van der Waals surface area contributed by atoms with Gasteiger partial charge in [0.05, 0.1) is 4.92 Å². The van der Waals surface area contributed by atoms with Crippen molar-refractivity contribution >= 4 is 33.2 Å². The van der Waals surface area contributed by atoms with E-state index in [4.69, 9.17) is 5.73 Å². The first-order valence-electron chi connectivity index (χ1n) is 4.71. The molecule has 0 atom stereocenters. The number of anilines is 2. The van der Waals surface area contributed by atoms with Crippen LogP contribution in [0.1, 0.15) is 10.4 Å². The summed E-state index contributed by atoms with van der Waals surface area (Å²) in [5.74, 6) is -0.505. The SMILES string of the molecule is Nc1nnc(NC(=O)c2cccc([N+](=O)[O-])c2)s1. The third-order valence-electron chi connectivity index (χ3n) is 1.98. The molecule has 18 heavy (non-hydrogen) atoms. The van der Waals surface area contributed by atoms with Crippen LogP contribution in [0.2, 0.25) is 0 Å². The first-order chi connectivity index (χ1) is 8.56. The van der Waals surface area contributed by atoms with Crippen molar-refractivity contribution in [3.63, 3.8) is 0 Å². The number of hydrogen-bond donors (Lipinski definition) is 2. The van der Waals surface area contributed by atoms with E-state index in [0.29, 0.717) is 0 Å². The van der Waals surface area contributed by atoms with E-state index in [1.54, 1.807) is 0 Å². The molecule has 0 saturated carbocycles. The molecule has 8 nitrogen and oxygen atoms in total. The molecule has 0 fully saturated rings. The zero-order chi connectivity index (χ0) is 13.1. The van der Waals surface area contributed by atoms with Gasteiger partial charge in [-0.2, -0.15) is 0 Å². The van der Waals surface area contributed by atoms with Gasteiger partial charge < -0.3 is 5.73 Å². The molecule has 1 heterocycles. The molecule has 2 aromatic rings. The highest BCUT2D eigenvalue weighted by atomic mass is 32.1. The Labute approximate surface area is 105 Å². The number of nitrogens with zero attached hydrogens (tertiary/aromatic N) is 3. The van der Waals surface area contributed by atoms with E-state index in [1.807, 2.05) is 0 Å². The van der Waals surface area contributed by atoms with Gasteiger partial charge in [-0.25, -0.2) is 0 Å².